The molecule has 164 valence electrons. The van der Waals surface area contributed by atoms with Gasteiger partial charge in [-0.2, -0.15) is 0 Å². The van der Waals surface area contributed by atoms with E-state index in [1.165, 1.54) is 6.42 Å². The van der Waals surface area contributed by atoms with Gasteiger partial charge in [-0.05, 0) is 43.4 Å². The van der Waals surface area contributed by atoms with Crippen LogP contribution in [0, 0.1) is 12.8 Å². The Hall–Kier alpha value is -2.05. The molecule has 0 N–H and O–H groups in total. The summed E-state index contributed by atoms with van der Waals surface area (Å²) in [6.07, 6.45) is 9.15. The lowest BCUT2D eigenvalue weighted by Gasteiger charge is -2.39. The van der Waals surface area contributed by atoms with Crippen LogP contribution in [0.3, 0.4) is 0 Å². The van der Waals surface area contributed by atoms with Gasteiger partial charge >= 0.3 is 0 Å². The number of Topliss-reactive ketones (excluding diaryl/α,β-unsaturated/α-hetero) is 1. The van der Waals surface area contributed by atoms with Crippen LogP contribution in [0.1, 0.15) is 37.7 Å². The highest BCUT2D eigenvalue weighted by molar-refractivity contribution is 6.22. The fourth-order valence-electron chi connectivity index (χ4n) is 5.55. The Morgan fingerprint density at radius 3 is 2.77 bits per heavy atom. The Kier molecular flexibility index (Phi) is 5.69. The number of likely N-dealkylation sites (tertiary alicyclic amines) is 1. The number of nitrogens with zero attached hydrogens (tertiary/aromatic N) is 3. The number of hydrogen-bond donors (Lipinski definition) is 0. The Labute approximate surface area is 188 Å². The number of ether oxygens (including phenoxy) is 1. The second kappa shape index (κ2) is 8.47. The summed E-state index contributed by atoms with van der Waals surface area (Å²) in [4.78, 5) is 32.3. The maximum atomic E-state index is 13.9. The van der Waals surface area contributed by atoms with Gasteiger partial charge in [0.25, 0.3) is 0 Å². The monoisotopic (exact) mass is 441 g/mol. The van der Waals surface area contributed by atoms with Crippen LogP contribution < -0.4 is 4.90 Å². The van der Waals surface area contributed by atoms with Crippen molar-refractivity contribution in [3.05, 3.63) is 49.2 Å². The lowest BCUT2D eigenvalue weighted by atomic mass is 9.82. The Morgan fingerprint density at radius 2 is 2.00 bits per heavy atom. The molecule has 3 aliphatic heterocycles. The number of anilines is 1. The molecule has 2 saturated heterocycles. The zero-order chi connectivity index (χ0) is 21.5. The third-order valence-corrected chi connectivity index (χ3v) is 7.45. The van der Waals surface area contributed by atoms with Crippen molar-refractivity contribution in [2.45, 2.75) is 55.7 Å². The number of ketones is 1. The molecule has 0 spiro atoms. The maximum absolute atomic E-state index is 13.9. The molecular weight excluding hydrogens is 414 g/mol. The van der Waals surface area contributed by atoms with E-state index in [1.54, 1.807) is 4.90 Å². The van der Waals surface area contributed by atoms with Crippen LogP contribution in [0.25, 0.3) is 0 Å². The molecule has 1 aromatic rings. The molecule has 5 rings (SSSR count). The number of amides is 1. The van der Waals surface area contributed by atoms with Gasteiger partial charge in [-0.1, -0.05) is 31.4 Å². The molecule has 3 heterocycles. The van der Waals surface area contributed by atoms with Gasteiger partial charge in [0.2, 0.25) is 5.91 Å². The average molecular weight is 442 g/mol. The van der Waals surface area contributed by atoms with Gasteiger partial charge in [0, 0.05) is 24.6 Å². The average Bonchev–Trinajstić information content (AvgIpc) is 3.48. The van der Waals surface area contributed by atoms with Crippen LogP contribution in [0.2, 0.25) is 0 Å². The molecule has 31 heavy (non-hydrogen) atoms. The molecule has 6 nitrogen and oxygen atoms in total. The third-order valence-electron chi connectivity index (χ3n) is 7.07. The largest absolute Gasteiger partial charge is 0.366 e. The Bertz CT molecular complexity index is 885. The van der Waals surface area contributed by atoms with Gasteiger partial charge in [0.1, 0.15) is 24.8 Å². The molecule has 1 aliphatic carbocycles. The smallest absolute Gasteiger partial charge is 0.246 e. The van der Waals surface area contributed by atoms with Crippen molar-refractivity contribution in [1.82, 2.24) is 9.80 Å². The summed E-state index contributed by atoms with van der Waals surface area (Å²) >= 11 is 6.47. The zero-order valence-electron chi connectivity index (χ0n) is 17.5. The van der Waals surface area contributed by atoms with Crippen LogP contribution in [0.5, 0.6) is 0 Å². The molecule has 2 unspecified atom stereocenters. The molecule has 2 radical (unpaired) electrons. The lowest BCUT2D eigenvalue weighted by Crippen LogP contribution is -2.54. The van der Waals surface area contributed by atoms with Gasteiger partial charge in [-0.3, -0.25) is 9.59 Å². The van der Waals surface area contributed by atoms with E-state index in [0.29, 0.717) is 18.8 Å². The van der Waals surface area contributed by atoms with Crippen LogP contribution in [-0.4, -0.2) is 64.9 Å². The van der Waals surface area contributed by atoms with E-state index < -0.39 is 6.04 Å². The first-order valence-electron chi connectivity index (χ1n) is 11.2. The highest BCUT2D eigenvalue weighted by Gasteiger charge is 2.53. The number of fused-ring (bicyclic) bond motifs is 1. The van der Waals surface area contributed by atoms with Gasteiger partial charge in [0.05, 0.1) is 12.0 Å². The van der Waals surface area contributed by atoms with Gasteiger partial charge in [0.15, 0.2) is 5.78 Å². The molecule has 0 aromatic heterocycles. The summed E-state index contributed by atoms with van der Waals surface area (Å²) < 4.78 is 5.60. The highest BCUT2D eigenvalue weighted by atomic mass is 35.5. The van der Waals surface area contributed by atoms with Crippen molar-refractivity contribution >= 4 is 29.0 Å². The first-order chi connectivity index (χ1) is 15.0. The summed E-state index contributed by atoms with van der Waals surface area (Å²) in [5.41, 5.74) is 1.70. The van der Waals surface area contributed by atoms with Crippen LogP contribution >= 0.6 is 11.6 Å². The fraction of sp³-hybridized carbons (Fsp3) is 0.542. The van der Waals surface area contributed by atoms with E-state index in [1.807, 2.05) is 36.7 Å². The molecular formula is C24H28ClN3O3. The summed E-state index contributed by atoms with van der Waals surface area (Å²) in [5, 5.41) is -0.342. The maximum Gasteiger partial charge on any atom is 0.246 e. The number of carbonyl (C=O) groups is 2. The minimum Gasteiger partial charge on any atom is -0.366 e. The SMILES string of the molecule is [CH]c1cccc(N2C=CN(C(C(=O)N3C[C@H](Cl)C4OCC(=O)[C@H]43)C3CCCCC3)C2)c1. The summed E-state index contributed by atoms with van der Waals surface area (Å²) in [6, 6.07) is 6.89. The molecule has 1 amide bonds. The minimum atomic E-state index is -0.544. The van der Waals surface area contributed by atoms with Crippen molar-refractivity contribution < 1.29 is 14.3 Å². The van der Waals surface area contributed by atoms with E-state index in [4.69, 9.17) is 23.3 Å². The summed E-state index contributed by atoms with van der Waals surface area (Å²) in [6.45, 7) is 6.95. The van der Waals surface area contributed by atoms with Crippen LogP contribution in [0.4, 0.5) is 5.69 Å². The first-order valence-corrected chi connectivity index (χ1v) is 11.6. The Balaban J connectivity index is 1.39. The number of carbonyl (C=O) groups excluding carboxylic acids is 2. The summed E-state index contributed by atoms with van der Waals surface area (Å²) in [7, 11) is 0. The van der Waals surface area contributed by atoms with Gasteiger partial charge < -0.3 is 19.4 Å². The van der Waals surface area contributed by atoms with E-state index in [9.17, 15) is 9.59 Å². The lowest BCUT2D eigenvalue weighted by molar-refractivity contribution is -0.142. The summed E-state index contributed by atoms with van der Waals surface area (Å²) in [5.74, 6) is 0.224. The first kappa shape index (κ1) is 20.8. The predicted octanol–water partition coefficient (Wildman–Crippen LogP) is 3.03. The van der Waals surface area contributed by atoms with Crippen molar-refractivity contribution in [3.63, 3.8) is 0 Å². The molecule has 4 aliphatic rings. The van der Waals surface area contributed by atoms with E-state index in [-0.39, 0.29) is 41.7 Å². The highest BCUT2D eigenvalue weighted by Crippen LogP contribution is 2.36. The van der Waals surface area contributed by atoms with Crippen LogP contribution in [-0.2, 0) is 14.3 Å². The van der Waals surface area contributed by atoms with Crippen molar-refractivity contribution in [2.75, 3.05) is 24.7 Å². The third kappa shape index (κ3) is 3.85. The van der Waals surface area contributed by atoms with Crippen molar-refractivity contribution in [2.24, 2.45) is 5.92 Å². The Morgan fingerprint density at radius 1 is 1.19 bits per heavy atom. The normalized spacial score (nSPS) is 29.7. The number of benzene rings is 1. The van der Waals surface area contributed by atoms with E-state index in [0.717, 1.165) is 31.4 Å². The molecule has 1 saturated carbocycles. The predicted molar refractivity (Wildman–Crippen MR) is 118 cm³/mol. The van der Waals surface area contributed by atoms with Gasteiger partial charge in [-0.15, -0.1) is 11.6 Å². The zero-order valence-corrected chi connectivity index (χ0v) is 18.3. The number of rotatable bonds is 4. The molecule has 4 atom stereocenters. The number of alkyl halides is 1. The topological polar surface area (TPSA) is 53.1 Å². The second-order valence-electron chi connectivity index (χ2n) is 9.05. The molecule has 3 fully saturated rings. The number of halogens is 1. The standard InChI is InChI=1S/C24H28ClN3O3/c1-16-6-5-9-18(12-16)26-10-11-27(15-26)21(17-7-3-2-4-8-17)24(30)28-13-19(25)23-22(28)20(29)14-31-23/h1,5-6,9-12,17,19,21-23H,2-4,7-8,13-15H2/t19-,21?,22+,23?/m0/s1. The quantitative estimate of drug-likeness (QED) is 0.672. The number of hydrogen-bond acceptors (Lipinski definition) is 5. The molecule has 7 heteroatoms. The van der Waals surface area contributed by atoms with E-state index in [2.05, 4.69) is 9.80 Å². The second-order valence-corrected chi connectivity index (χ2v) is 9.62. The van der Waals surface area contributed by atoms with E-state index >= 15 is 0 Å². The molecule has 1 aromatic carbocycles. The van der Waals surface area contributed by atoms with Gasteiger partial charge in [-0.25, -0.2) is 0 Å². The van der Waals surface area contributed by atoms with Crippen molar-refractivity contribution in [1.29, 1.82) is 0 Å². The van der Waals surface area contributed by atoms with Crippen LogP contribution in [0.15, 0.2) is 36.7 Å². The van der Waals surface area contributed by atoms with Crippen molar-refractivity contribution in [3.8, 4) is 0 Å². The fourth-order valence-corrected chi connectivity index (χ4v) is 5.91. The molecule has 0 bridgehead atoms. The minimum absolute atomic E-state index is 0.00276.